The van der Waals surface area contributed by atoms with E-state index in [1.807, 2.05) is 48.5 Å². The van der Waals surface area contributed by atoms with Crippen molar-refractivity contribution in [3.63, 3.8) is 0 Å². The maximum atomic E-state index is 13.3. The maximum Gasteiger partial charge on any atom is 0.210 e. The Morgan fingerprint density at radius 1 is 0.923 bits per heavy atom. The first-order valence-corrected chi connectivity index (χ1v) is 20.5. The summed E-state index contributed by atoms with van der Waals surface area (Å²) in [6, 6.07) is 0. The van der Waals surface area contributed by atoms with Crippen molar-refractivity contribution in [2.24, 2.45) is 15.7 Å². The molecule has 7 nitrogen and oxygen atoms in total. The molecule has 8 heteroatoms. The summed E-state index contributed by atoms with van der Waals surface area (Å²) in [7, 11) is 1.00. The molecule has 0 aliphatic carbocycles. The van der Waals surface area contributed by atoms with Gasteiger partial charge in [-0.1, -0.05) is 143 Å². The molecule has 2 atom stereocenters. The van der Waals surface area contributed by atoms with Crippen molar-refractivity contribution in [3.8, 4) is 12.3 Å². The molecule has 1 fully saturated rings. The van der Waals surface area contributed by atoms with E-state index >= 15 is 0 Å². The van der Waals surface area contributed by atoms with Gasteiger partial charge < -0.3 is 20.9 Å². The molecule has 4 N–H and O–H groups in total. The molecule has 2 unspecified atom stereocenters. The monoisotopic (exact) mass is 735 g/mol. The van der Waals surface area contributed by atoms with Crippen LogP contribution in [0.2, 0.25) is 0 Å². The highest BCUT2D eigenvalue weighted by atomic mass is 19.1. The van der Waals surface area contributed by atoms with Crippen LogP contribution in [0.1, 0.15) is 197 Å². The van der Waals surface area contributed by atoms with Crippen LogP contribution in [0.5, 0.6) is 0 Å². The molecule has 0 aromatic heterocycles. The first-order chi connectivity index (χ1) is 25.1. The lowest BCUT2D eigenvalue weighted by atomic mass is 10.0. The maximum absolute atomic E-state index is 13.3. The van der Waals surface area contributed by atoms with E-state index in [0.717, 1.165) is 51.3 Å². The summed E-state index contributed by atoms with van der Waals surface area (Å²) in [5.41, 5.74) is 6.93. The number of unbranched alkanes of at least 4 members (excludes halogenated alkanes) is 16. The molecule has 0 saturated carbocycles. The molecule has 1 saturated heterocycles. The molecular formula is C44H83FN4O3. The van der Waals surface area contributed by atoms with Crippen molar-refractivity contribution in [2.45, 2.75) is 209 Å². The number of nitrogens with two attached hydrogens (primary N) is 1. The Morgan fingerprint density at radius 2 is 1.40 bits per heavy atom. The van der Waals surface area contributed by atoms with Crippen LogP contribution in [-0.2, 0) is 9.53 Å². The molecule has 0 bridgehead atoms. The van der Waals surface area contributed by atoms with Crippen molar-refractivity contribution in [2.75, 3.05) is 13.7 Å². The van der Waals surface area contributed by atoms with Gasteiger partial charge in [0.1, 0.15) is 17.2 Å². The van der Waals surface area contributed by atoms with Crippen LogP contribution in [-0.4, -0.2) is 48.5 Å². The molecular weight excluding hydrogens is 652 g/mol. The summed E-state index contributed by atoms with van der Waals surface area (Å²) in [6.45, 7) is 18.9. The Kier molecular flexibility index (Phi) is 47.9. The molecule has 0 aromatic carbocycles. The third-order valence-electron chi connectivity index (χ3n) is 8.08. The smallest absolute Gasteiger partial charge is 0.210 e. The first-order valence-electron chi connectivity index (χ1n) is 20.5. The predicted octanol–water partition coefficient (Wildman–Crippen LogP) is 12.1. The fourth-order valence-electron chi connectivity index (χ4n) is 5.15. The van der Waals surface area contributed by atoms with E-state index in [1.165, 1.54) is 109 Å². The fourth-order valence-corrected chi connectivity index (χ4v) is 5.15. The number of allylic oxidation sites excluding steroid dienone is 2. The van der Waals surface area contributed by atoms with Gasteiger partial charge in [-0.2, -0.15) is 4.39 Å². The largest absolute Gasteiger partial charge is 0.400 e. The van der Waals surface area contributed by atoms with Crippen LogP contribution in [0, 0.1) is 12.3 Å². The lowest BCUT2D eigenvalue weighted by Gasteiger charge is -2.15. The van der Waals surface area contributed by atoms with Gasteiger partial charge >= 0.3 is 0 Å². The van der Waals surface area contributed by atoms with Crippen molar-refractivity contribution in [3.05, 3.63) is 29.5 Å². The van der Waals surface area contributed by atoms with Crippen LogP contribution >= 0.6 is 0 Å². The number of terminal acetylenes is 1. The zero-order valence-corrected chi connectivity index (χ0v) is 35.6. The number of ether oxygens (including phenoxy) is 1. The highest BCUT2D eigenvalue weighted by molar-refractivity contribution is 5.98. The van der Waals surface area contributed by atoms with Gasteiger partial charge in [-0.05, 0) is 71.4 Å². The summed E-state index contributed by atoms with van der Waals surface area (Å²) < 4.78 is 18.8. The van der Waals surface area contributed by atoms with E-state index in [0.29, 0.717) is 18.2 Å². The van der Waals surface area contributed by atoms with Crippen LogP contribution in [0.4, 0.5) is 4.39 Å². The van der Waals surface area contributed by atoms with Crippen molar-refractivity contribution in [1.29, 1.82) is 0 Å². The van der Waals surface area contributed by atoms with E-state index in [-0.39, 0.29) is 11.4 Å². The van der Waals surface area contributed by atoms with Crippen molar-refractivity contribution < 1.29 is 19.0 Å². The number of aliphatic hydroxyl groups excluding tert-OH is 1. The van der Waals surface area contributed by atoms with Gasteiger partial charge in [0, 0.05) is 19.9 Å². The van der Waals surface area contributed by atoms with E-state index in [9.17, 15) is 9.18 Å². The summed E-state index contributed by atoms with van der Waals surface area (Å²) in [6.07, 6.45) is 36.9. The van der Waals surface area contributed by atoms with Crippen LogP contribution in [0.25, 0.3) is 0 Å². The van der Waals surface area contributed by atoms with Gasteiger partial charge in [0.05, 0.1) is 12.3 Å². The Bertz CT molecular complexity index is 992. The normalized spacial score (nSPS) is 16.3. The van der Waals surface area contributed by atoms with Gasteiger partial charge in [-0.25, -0.2) is 9.79 Å². The van der Waals surface area contributed by atoms with Crippen molar-refractivity contribution in [1.82, 2.24) is 5.32 Å². The van der Waals surface area contributed by atoms with Crippen LogP contribution < -0.4 is 11.1 Å². The molecule has 1 aliphatic heterocycles. The number of aliphatic imine (C=N–C) groups is 2. The van der Waals surface area contributed by atoms with Gasteiger partial charge in [-0.3, -0.25) is 4.99 Å². The quantitative estimate of drug-likeness (QED) is 0.0228. The number of amidine groups is 1. The van der Waals surface area contributed by atoms with Gasteiger partial charge in [0.2, 0.25) is 5.95 Å². The van der Waals surface area contributed by atoms with Crippen LogP contribution in [0.3, 0.4) is 0 Å². The Hall–Kier alpha value is -2.72. The van der Waals surface area contributed by atoms with Gasteiger partial charge in [-0.15, -0.1) is 6.42 Å². The highest BCUT2D eigenvalue weighted by Gasteiger charge is 2.31. The summed E-state index contributed by atoms with van der Waals surface area (Å²) in [4.78, 5) is 17.8. The second kappa shape index (κ2) is 44.4. The van der Waals surface area contributed by atoms with Gasteiger partial charge in [0.15, 0.2) is 5.84 Å². The number of aliphatic hydroxyl groups is 1. The molecule has 0 spiro atoms. The second-order valence-corrected chi connectivity index (χ2v) is 13.2. The molecule has 1 aliphatic rings. The Balaban J connectivity index is -0.000000338. The first kappa shape index (κ1) is 56.0. The minimum atomic E-state index is -0.546. The molecule has 52 heavy (non-hydrogen) atoms. The van der Waals surface area contributed by atoms with Gasteiger partial charge in [0.25, 0.3) is 0 Å². The minimum absolute atomic E-state index is 0.125. The Labute approximate surface area is 321 Å². The van der Waals surface area contributed by atoms with E-state index in [1.54, 1.807) is 12.2 Å². The van der Waals surface area contributed by atoms with E-state index in [4.69, 9.17) is 22.0 Å². The highest BCUT2D eigenvalue weighted by Crippen LogP contribution is 2.28. The number of halogens is 1. The predicted molar refractivity (Wildman–Crippen MR) is 227 cm³/mol. The minimum Gasteiger partial charge on any atom is -0.400 e. The molecule has 0 amide bonds. The molecule has 304 valence electrons. The lowest BCUT2D eigenvalue weighted by Crippen LogP contribution is -2.21. The van der Waals surface area contributed by atoms with Crippen LogP contribution in [0.15, 0.2) is 39.5 Å². The number of nitrogens with zero attached hydrogens (tertiary/aromatic N) is 2. The third-order valence-corrected chi connectivity index (χ3v) is 8.08. The standard InChI is InChI=1S/C20H39NO.C13H22FN3.C8H12O.C2H6.CH4O/c1-2-3-4-5-6-7-8-9-10-11-12-13-14-15-16-17-18-21-19-20-22;1-5-7-8-11(14)17-13(15)12(10(3)4)16-9-6-2;1-4-8(3)6-5-7(2)9-8;2*1-2/h19,21H,2-18H2,1H3;8-9H,5-7H2,1-4H3,(H2,15,17);1,7H,5-6H2,2-3H3;1-2H3;2H,1H3/b;11-8+,16-9?;;;. The number of nitrogens with one attached hydrogen (secondary N) is 1. The zero-order valence-electron chi connectivity index (χ0n) is 35.6. The SMILES string of the molecule is C#CC1(C)CCC(C)O1.CC.CCC=NC(=C(C)C)/C(N)=N\C(F)=C\CCC.CCCCCCCCCCCCCCCCCCNC=C=O.CO. The molecule has 1 rings (SSSR count). The number of hydrogen-bond acceptors (Lipinski definition) is 6. The fraction of sp³-hybridized carbons (Fsp3) is 0.773. The summed E-state index contributed by atoms with van der Waals surface area (Å²) in [5, 5.41) is 9.94. The third kappa shape index (κ3) is 40.1. The Morgan fingerprint density at radius 3 is 1.75 bits per heavy atom. The average Bonchev–Trinajstić information content (AvgIpc) is 3.50. The average molecular weight is 735 g/mol. The molecule has 0 aromatic rings. The summed E-state index contributed by atoms with van der Waals surface area (Å²) >= 11 is 0. The van der Waals surface area contributed by atoms with E-state index in [2.05, 4.69) is 35.1 Å². The number of hydrogen-bond donors (Lipinski definition) is 3. The van der Waals surface area contributed by atoms with E-state index < -0.39 is 5.95 Å². The lowest BCUT2D eigenvalue weighted by molar-refractivity contribution is 0.0209. The number of rotatable bonds is 24. The number of carbonyl (C=O) groups excluding carboxylic acids is 1. The van der Waals surface area contributed by atoms with Crippen molar-refractivity contribution >= 4 is 18.0 Å². The summed E-state index contributed by atoms with van der Waals surface area (Å²) in [5.74, 6) is 3.96. The zero-order chi connectivity index (χ0) is 40.3. The topological polar surface area (TPSA) is 109 Å². The molecule has 0 radical (unpaired) electrons. The molecule has 1 heterocycles. The second-order valence-electron chi connectivity index (χ2n) is 13.2.